The van der Waals surface area contributed by atoms with Crippen LogP contribution >= 0.6 is 22.6 Å². The first-order valence-corrected chi connectivity index (χ1v) is 10.7. The Labute approximate surface area is 176 Å². The Morgan fingerprint density at radius 3 is 2.41 bits per heavy atom. The molecule has 1 aliphatic rings. The first-order chi connectivity index (χ1) is 12.9. The minimum atomic E-state index is 0.120. The largest absolute Gasteiger partial charge is 0.0837 e. The second kappa shape index (κ2) is 7.27. The molecule has 0 aromatic heterocycles. The maximum atomic E-state index is 2.42. The number of allylic oxidation sites excluding steroid dienone is 4. The van der Waals surface area contributed by atoms with E-state index in [0.717, 1.165) is 6.42 Å². The highest BCUT2D eigenvalue weighted by molar-refractivity contribution is 14.1. The fourth-order valence-electron chi connectivity index (χ4n) is 4.00. The molecule has 1 atom stereocenters. The molecule has 0 saturated carbocycles. The number of fused-ring (bicyclic) bond motifs is 2. The lowest BCUT2D eigenvalue weighted by Gasteiger charge is -2.29. The summed E-state index contributed by atoms with van der Waals surface area (Å²) < 4.78 is 1.28. The Bertz CT molecular complexity index is 1050. The normalized spacial score (nSPS) is 21.0. The van der Waals surface area contributed by atoms with Crippen LogP contribution in [-0.4, -0.2) is 0 Å². The van der Waals surface area contributed by atoms with Gasteiger partial charge in [-0.15, -0.1) is 0 Å². The summed E-state index contributed by atoms with van der Waals surface area (Å²) in [6, 6.07) is 20.5. The molecule has 0 nitrogen and oxygen atoms in total. The zero-order valence-electron chi connectivity index (χ0n) is 16.2. The van der Waals surface area contributed by atoms with Crippen LogP contribution in [0.2, 0.25) is 0 Å². The van der Waals surface area contributed by atoms with Crippen LogP contribution in [0, 0.1) is 3.57 Å². The minimum absolute atomic E-state index is 0.120. The van der Waals surface area contributed by atoms with Crippen molar-refractivity contribution in [1.29, 1.82) is 0 Å². The molecule has 4 rings (SSSR count). The van der Waals surface area contributed by atoms with E-state index in [1.807, 2.05) is 0 Å². The maximum absolute atomic E-state index is 2.42. The van der Waals surface area contributed by atoms with Crippen molar-refractivity contribution in [3.63, 3.8) is 0 Å². The first-order valence-electron chi connectivity index (χ1n) is 9.61. The Kier molecular flexibility index (Phi) is 4.98. The van der Waals surface area contributed by atoms with Crippen LogP contribution in [0.5, 0.6) is 0 Å². The van der Waals surface area contributed by atoms with Crippen LogP contribution in [0.4, 0.5) is 0 Å². The smallest absolute Gasteiger partial charge is 0.0136 e. The number of rotatable bonds is 1. The van der Waals surface area contributed by atoms with E-state index in [0.29, 0.717) is 5.92 Å². The first kappa shape index (κ1) is 18.5. The topological polar surface area (TPSA) is 0 Å². The van der Waals surface area contributed by atoms with Gasteiger partial charge in [0.2, 0.25) is 0 Å². The minimum Gasteiger partial charge on any atom is -0.0837 e. The van der Waals surface area contributed by atoms with Gasteiger partial charge in [0.1, 0.15) is 0 Å². The van der Waals surface area contributed by atoms with Crippen LogP contribution in [0.15, 0.2) is 78.9 Å². The molecule has 1 heteroatoms. The average molecular weight is 464 g/mol. The molecule has 1 aliphatic carbocycles. The molecule has 0 bridgehead atoms. The summed E-state index contributed by atoms with van der Waals surface area (Å²) in [5.74, 6) is 0.426. The van der Waals surface area contributed by atoms with Crippen molar-refractivity contribution in [3.8, 4) is 11.1 Å². The molecule has 136 valence electrons. The van der Waals surface area contributed by atoms with Gasteiger partial charge >= 0.3 is 0 Å². The van der Waals surface area contributed by atoms with Crippen LogP contribution in [0.1, 0.15) is 44.2 Å². The predicted octanol–water partition coefficient (Wildman–Crippen LogP) is 8.01. The van der Waals surface area contributed by atoms with Crippen LogP contribution < -0.4 is 0 Å². The lowest BCUT2D eigenvalue weighted by molar-refractivity contribution is 0.527. The molecule has 3 aromatic carbocycles. The number of hydrogen-bond acceptors (Lipinski definition) is 0. The fraction of sp³-hybridized carbons (Fsp3) is 0.231. The highest BCUT2D eigenvalue weighted by Crippen LogP contribution is 2.38. The van der Waals surface area contributed by atoms with Gasteiger partial charge in [-0.2, -0.15) is 0 Å². The quantitative estimate of drug-likeness (QED) is 0.320. The molecule has 0 aliphatic heterocycles. The van der Waals surface area contributed by atoms with E-state index in [2.05, 4.69) is 122 Å². The number of halogens is 1. The zero-order valence-corrected chi connectivity index (χ0v) is 18.3. The van der Waals surface area contributed by atoms with Gasteiger partial charge in [-0.1, -0.05) is 81.5 Å². The Hall–Kier alpha value is -1.87. The van der Waals surface area contributed by atoms with E-state index in [1.54, 1.807) is 0 Å². The van der Waals surface area contributed by atoms with Crippen molar-refractivity contribution in [2.75, 3.05) is 0 Å². The third kappa shape index (κ3) is 3.75. The highest BCUT2D eigenvalue weighted by Gasteiger charge is 2.25. The predicted molar refractivity (Wildman–Crippen MR) is 126 cm³/mol. The molecular weight excluding hydrogens is 439 g/mol. The van der Waals surface area contributed by atoms with Crippen molar-refractivity contribution >= 4 is 33.4 Å². The second-order valence-corrected chi connectivity index (χ2v) is 9.44. The monoisotopic (exact) mass is 464 g/mol. The summed E-state index contributed by atoms with van der Waals surface area (Å²) in [7, 11) is 0. The molecule has 0 spiro atoms. The summed E-state index contributed by atoms with van der Waals surface area (Å²) in [6.45, 7) is 7.02. The summed E-state index contributed by atoms with van der Waals surface area (Å²) in [5, 5.41) is 2.60. The maximum Gasteiger partial charge on any atom is 0.0136 e. The standard InChI is InChI=1S/C26H25I/c1-18-7-5-4-6-14-26(2,3)25-17-22(11-13-24(18)25)19-8-9-21-16-23(27)12-10-20(21)15-19/h4-13,15-18H,14H2,1-3H3/b6-4-,7-5-. The van der Waals surface area contributed by atoms with Crippen molar-refractivity contribution in [3.05, 3.63) is 93.6 Å². The van der Waals surface area contributed by atoms with Crippen molar-refractivity contribution in [2.45, 2.75) is 38.5 Å². The van der Waals surface area contributed by atoms with E-state index < -0.39 is 0 Å². The molecule has 0 N–H and O–H groups in total. The van der Waals surface area contributed by atoms with Gasteiger partial charge in [0.05, 0.1) is 0 Å². The van der Waals surface area contributed by atoms with Crippen LogP contribution in [0.3, 0.4) is 0 Å². The molecule has 0 fully saturated rings. The molecule has 3 aromatic rings. The average Bonchev–Trinajstić information content (AvgIpc) is 2.71. The highest BCUT2D eigenvalue weighted by atomic mass is 127. The SMILES string of the molecule is CC1/C=C\C=C/CC(C)(C)c2cc(-c3ccc4cc(I)ccc4c3)ccc21. The third-order valence-corrected chi connectivity index (χ3v) is 6.35. The Balaban J connectivity index is 1.85. The van der Waals surface area contributed by atoms with Gasteiger partial charge in [-0.3, -0.25) is 0 Å². The molecule has 0 heterocycles. The van der Waals surface area contributed by atoms with Gasteiger partial charge in [-0.25, -0.2) is 0 Å². The second-order valence-electron chi connectivity index (χ2n) is 8.20. The van der Waals surface area contributed by atoms with E-state index in [1.165, 1.54) is 36.6 Å². The number of hydrogen-bond donors (Lipinski definition) is 0. The van der Waals surface area contributed by atoms with Gasteiger partial charge in [0.25, 0.3) is 0 Å². The molecule has 0 amide bonds. The van der Waals surface area contributed by atoms with Crippen molar-refractivity contribution in [1.82, 2.24) is 0 Å². The van der Waals surface area contributed by atoms with Gasteiger partial charge in [0, 0.05) is 3.57 Å². The van der Waals surface area contributed by atoms with Gasteiger partial charge < -0.3 is 0 Å². The summed E-state index contributed by atoms with van der Waals surface area (Å²) >= 11 is 2.38. The van der Waals surface area contributed by atoms with Gasteiger partial charge in [-0.05, 0) is 91.6 Å². The lowest BCUT2D eigenvalue weighted by Crippen LogP contribution is -2.19. The third-order valence-electron chi connectivity index (χ3n) is 5.68. The van der Waals surface area contributed by atoms with E-state index in [-0.39, 0.29) is 5.41 Å². The molecular formula is C26H25I. The Morgan fingerprint density at radius 1 is 0.852 bits per heavy atom. The number of benzene rings is 3. The van der Waals surface area contributed by atoms with E-state index in [9.17, 15) is 0 Å². The van der Waals surface area contributed by atoms with E-state index >= 15 is 0 Å². The molecule has 1 unspecified atom stereocenters. The Morgan fingerprint density at radius 2 is 1.56 bits per heavy atom. The summed E-state index contributed by atoms with van der Waals surface area (Å²) in [5.41, 5.74) is 5.63. The zero-order chi connectivity index (χ0) is 19.0. The fourth-order valence-corrected chi connectivity index (χ4v) is 4.52. The van der Waals surface area contributed by atoms with Crippen molar-refractivity contribution in [2.24, 2.45) is 0 Å². The van der Waals surface area contributed by atoms with Crippen molar-refractivity contribution < 1.29 is 0 Å². The summed E-state index contributed by atoms with van der Waals surface area (Å²) in [6.07, 6.45) is 10.0. The molecule has 0 saturated heterocycles. The molecule has 27 heavy (non-hydrogen) atoms. The molecule has 0 radical (unpaired) electrons. The van der Waals surface area contributed by atoms with E-state index in [4.69, 9.17) is 0 Å². The lowest BCUT2D eigenvalue weighted by atomic mass is 9.76. The van der Waals surface area contributed by atoms with Gasteiger partial charge in [0.15, 0.2) is 0 Å². The van der Waals surface area contributed by atoms with Crippen LogP contribution in [-0.2, 0) is 5.41 Å². The summed E-state index contributed by atoms with van der Waals surface area (Å²) in [4.78, 5) is 0. The van der Waals surface area contributed by atoms with Crippen LogP contribution in [0.25, 0.3) is 21.9 Å².